The highest BCUT2D eigenvalue weighted by molar-refractivity contribution is 7.98. The number of nitrogens with one attached hydrogen (secondary N) is 1. The molecule has 1 aliphatic rings. The zero-order valence-electron chi connectivity index (χ0n) is 8.84. The molecule has 2 rings (SSSR count). The van der Waals surface area contributed by atoms with Crippen LogP contribution in [0.4, 0.5) is 5.69 Å². The highest BCUT2D eigenvalue weighted by Gasteiger charge is 2.17. The third-order valence-electron chi connectivity index (χ3n) is 2.97. The van der Waals surface area contributed by atoms with Gasteiger partial charge in [0.1, 0.15) is 0 Å². The molecule has 0 atom stereocenters. The molecule has 0 unspecified atom stereocenters. The van der Waals surface area contributed by atoms with Crippen LogP contribution in [0.5, 0.6) is 0 Å². The molecule has 2 heteroatoms. The summed E-state index contributed by atoms with van der Waals surface area (Å²) in [7, 11) is 0. The first kappa shape index (κ1) is 9.91. The second-order valence-electron chi connectivity index (χ2n) is 3.90. The van der Waals surface area contributed by atoms with E-state index in [1.54, 1.807) is 0 Å². The quantitative estimate of drug-likeness (QED) is 0.759. The predicted octanol–water partition coefficient (Wildman–Crippen LogP) is 3.68. The van der Waals surface area contributed by atoms with Gasteiger partial charge in [0.15, 0.2) is 0 Å². The maximum Gasteiger partial charge on any atom is 0.0383 e. The second kappa shape index (κ2) is 4.26. The van der Waals surface area contributed by atoms with Gasteiger partial charge in [0.25, 0.3) is 0 Å². The topological polar surface area (TPSA) is 12.0 Å². The van der Waals surface area contributed by atoms with E-state index in [0.717, 1.165) is 6.04 Å². The Morgan fingerprint density at radius 2 is 2.14 bits per heavy atom. The van der Waals surface area contributed by atoms with Crippen LogP contribution in [0, 0.1) is 6.92 Å². The summed E-state index contributed by atoms with van der Waals surface area (Å²) in [4.78, 5) is 1.38. The maximum absolute atomic E-state index is 3.61. The van der Waals surface area contributed by atoms with Gasteiger partial charge in [-0.25, -0.2) is 0 Å². The summed E-state index contributed by atoms with van der Waals surface area (Å²) in [5, 5.41) is 3.61. The largest absolute Gasteiger partial charge is 0.382 e. The number of rotatable bonds is 3. The zero-order chi connectivity index (χ0) is 9.97. The average Bonchev–Trinajstić information content (AvgIpc) is 2.13. The molecule has 76 valence electrons. The molecule has 0 saturated heterocycles. The van der Waals surface area contributed by atoms with Gasteiger partial charge < -0.3 is 5.32 Å². The maximum atomic E-state index is 3.61. The van der Waals surface area contributed by atoms with Crippen molar-refractivity contribution in [3.05, 3.63) is 23.8 Å². The van der Waals surface area contributed by atoms with Gasteiger partial charge in [0.05, 0.1) is 0 Å². The van der Waals surface area contributed by atoms with Gasteiger partial charge >= 0.3 is 0 Å². The average molecular weight is 207 g/mol. The van der Waals surface area contributed by atoms with E-state index in [1.165, 1.54) is 35.4 Å². The monoisotopic (exact) mass is 207 g/mol. The fourth-order valence-electron chi connectivity index (χ4n) is 1.76. The molecule has 1 nitrogen and oxygen atoms in total. The smallest absolute Gasteiger partial charge is 0.0383 e. The lowest BCUT2D eigenvalue weighted by molar-refractivity contribution is 0.445. The van der Waals surface area contributed by atoms with Gasteiger partial charge in [-0.1, -0.05) is 6.07 Å². The number of anilines is 1. The molecule has 1 fully saturated rings. The van der Waals surface area contributed by atoms with Crippen LogP contribution in [0.3, 0.4) is 0 Å². The zero-order valence-corrected chi connectivity index (χ0v) is 9.66. The minimum absolute atomic E-state index is 0.728. The fourth-order valence-corrected chi connectivity index (χ4v) is 2.40. The van der Waals surface area contributed by atoms with Crippen LogP contribution >= 0.6 is 11.8 Å². The summed E-state index contributed by atoms with van der Waals surface area (Å²) in [6, 6.07) is 7.24. The highest BCUT2D eigenvalue weighted by atomic mass is 32.2. The molecule has 14 heavy (non-hydrogen) atoms. The Labute approximate surface area is 90.3 Å². The van der Waals surface area contributed by atoms with Crippen LogP contribution < -0.4 is 5.32 Å². The van der Waals surface area contributed by atoms with Gasteiger partial charge in [-0.2, -0.15) is 0 Å². The van der Waals surface area contributed by atoms with Crippen molar-refractivity contribution in [1.29, 1.82) is 0 Å². The van der Waals surface area contributed by atoms with Crippen molar-refractivity contribution in [2.24, 2.45) is 0 Å². The molecule has 0 heterocycles. The van der Waals surface area contributed by atoms with Gasteiger partial charge in [-0.05, 0) is 50.1 Å². The van der Waals surface area contributed by atoms with E-state index in [2.05, 4.69) is 36.7 Å². The predicted molar refractivity (Wildman–Crippen MR) is 64.2 cm³/mol. The molecule has 1 saturated carbocycles. The summed E-state index contributed by atoms with van der Waals surface area (Å²) in [6.07, 6.45) is 6.19. The van der Waals surface area contributed by atoms with Crippen molar-refractivity contribution in [2.75, 3.05) is 11.6 Å². The van der Waals surface area contributed by atoms with Gasteiger partial charge in [-0.3, -0.25) is 0 Å². The molecule has 0 aliphatic heterocycles. The molecule has 1 aromatic rings. The first-order chi connectivity index (χ1) is 6.81. The van der Waals surface area contributed by atoms with E-state index >= 15 is 0 Å². The molecule has 0 spiro atoms. The van der Waals surface area contributed by atoms with Crippen LogP contribution in [0.15, 0.2) is 23.1 Å². The summed E-state index contributed by atoms with van der Waals surface area (Å²) >= 11 is 1.82. The third-order valence-corrected chi connectivity index (χ3v) is 3.85. The molecular formula is C12H17NS. The number of benzene rings is 1. The van der Waals surface area contributed by atoms with E-state index in [9.17, 15) is 0 Å². The SMILES string of the molecule is CSc1cccc(NC2CCC2)c1C. The molecule has 0 aromatic heterocycles. The van der Waals surface area contributed by atoms with E-state index in [4.69, 9.17) is 0 Å². The normalized spacial score (nSPS) is 16.4. The lowest BCUT2D eigenvalue weighted by Crippen LogP contribution is -2.27. The van der Waals surface area contributed by atoms with Crippen molar-refractivity contribution >= 4 is 17.4 Å². The van der Waals surface area contributed by atoms with E-state index in [-0.39, 0.29) is 0 Å². The summed E-state index contributed by atoms with van der Waals surface area (Å²) in [6.45, 7) is 2.20. The summed E-state index contributed by atoms with van der Waals surface area (Å²) < 4.78 is 0. The van der Waals surface area contributed by atoms with Crippen LogP contribution in [0.1, 0.15) is 24.8 Å². The Bertz CT molecular complexity index is 318. The Kier molecular flexibility index (Phi) is 3.02. The summed E-state index contributed by atoms with van der Waals surface area (Å²) in [5.41, 5.74) is 2.72. The van der Waals surface area contributed by atoms with Crippen LogP contribution in [0.25, 0.3) is 0 Å². The number of hydrogen-bond acceptors (Lipinski definition) is 2. The molecule has 0 amide bonds. The van der Waals surface area contributed by atoms with Crippen LogP contribution in [-0.2, 0) is 0 Å². The lowest BCUT2D eigenvalue weighted by atomic mass is 9.92. The minimum atomic E-state index is 0.728. The molecular weight excluding hydrogens is 190 g/mol. The number of thioether (sulfide) groups is 1. The third kappa shape index (κ3) is 1.90. The Balaban J connectivity index is 2.15. The van der Waals surface area contributed by atoms with Crippen molar-refractivity contribution < 1.29 is 0 Å². The van der Waals surface area contributed by atoms with Crippen molar-refractivity contribution in [2.45, 2.75) is 37.1 Å². The van der Waals surface area contributed by atoms with Gasteiger partial charge in [-0.15, -0.1) is 11.8 Å². The highest BCUT2D eigenvalue weighted by Crippen LogP contribution is 2.29. The first-order valence-corrected chi connectivity index (χ1v) is 6.44. The Hall–Kier alpha value is -0.630. The van der Waals surface area contributed by atoms with Crippen LogP contribution in [-0.4, -0.2) is 12.3 Å². The van der Waals surface area contributed by atoms with E-state index < -0.39 is 0 Å². The van der Waals surface area contributed by atoms with Crippen molar-refractivity contribution in [3.63, 3.8) is 0 Å². The van der Waals surface area contributed by atoms with Crippen LogP contribution in [0.2, 0.25) is 0 Å². The molecule has 1 N–H and O–H groups in total. The fraction of sp³-hybridized carbons (Fsp3) is 0.500. The first-order valence-electron chi connectivity index (χ1n) is 5.21. The minimum Gasteiger partial charge on any atom is -0.382 e. The summed E-state index contributed by atoms with van der Waals surface area (Å²) in [5.74, 6) is 0. The standard InChI is InChI=1S/C12H17NS/c1-9-11(13-10-5-3-6-10)7-4-8-12(9)14-2/h4,7-8,10,13H,3,5-6H2,1-2H3. The van der Waals surface area contributed by atoms with Crippen molar-refractivity contribution in [1.82, 2.24) is 0 Å². The van der Waals surface area contributed by atoms with E-state index in [1.807, 2.05) is 11.8 Å². The molecule has 0 bridgehead atoms. The van der Waals surface area contributed by atoms with Gasteiger partial charge in [0, 0.05) is 16.6 Å². The molecule has 1 aliphatic carbocycles. The number of hydrogen-bond donors (Lipinski definition) is 1. The van der Waals surface area contributed by atoms with Gasteiger partial charge in [0.2, 0.25) is 0 Å². The van der Waals surface area contributed by atoms with Crippen molar-refractivity contribution in [3.8, 4) is 0 Å². The molecule has 1 aromatic carbocycles. The Morgan fingerprint density at radius 3 is 2.71 bits per heavy atom. The Morgan fingerprint density at radius 1 is 1.36 bits per heavy atom. The lowest BCUT2D eigenvalue weighted by Gasteiger charge is -2.28. The molecule has 0 radical (unpaired) electrons. The second-order valence-corrected chi connectivity index (χ2v) is 4.75. The van der Waals surface area contributed by atoms with E-state index in [0.29, 0.717) is 0 Å².